The van der Waals surface area contributed by atoms with Gasteiger partial charge in [-0.15, -0.1) is 0 Å². The molecule has 212 valence electrons. The molecule has 37 heavy (non-hydrogen) atoms. The van der Waals surface area contributed by atoms with Crippen LogP contribution >= 0.6 is 0 Å². The van der Waals surface area contributed by atoms with Crippen LogP contribution in [0.1, 0.15) is 53.9 Å². The summed E-state index contributed by atoms with van der Waals surface area (Å²) >= 11 is 0. The van der Waals surface area contributed by atoms with E-state index in [2.05, 4.69) is 18.3 Å². The van der Waals surface area contributed by atoms with E-state index in [0.717, 1.165) is 25.9 Å². The summed E-state index contributed by atoms with van der Waals surface area (Å²) in [5.74, 6) is 0.747. The van der Waals surface area contributed by atoms with Gasteiger partial charge < -0.3 is 29.7 Å². The van der Waals surface area contributed by atoms with Gasteiger partial charge in [-0.25, -0.2) is 0 Å². The van der Waals surface area contributed by atoms with Gasteiger partial charge in [0.1, 0.15) is 6.10 Å². The first-order valence-electron chi connectivity index (χ1n) is 14.0. The van der Waals surface area contributed by atoms with Crippen molar-refractivity contribution < 1.29 is 24.2 Å². The predicted octanol–water partition coefficient (Wildman–Crippen LogP) is 2.87. The Balaban J connectivity index is 2.06. The fourth-order valence-electron chi connectivity index (χ4n) is 5.20. The van der Waals surface area contributed by atoms with Crippen LogP contribution < -0.4 is 5.32 Å². The van der Waals surface area contributed by atoms with E-state index in [0.29, 0.717) is 38.3 Å². The molecule has 1 heterocycles. The summed E-state index contributed by atoms with van der Waals surface area (Å²) in [5, 5.41) is 13.7. The lowest BCUT2D eigenvalue weighted by molar-refractivity contribution is -0.140. The van der Waals surface area contributed by atoms with Gasteiger partial charge in [-0.05, 0) is 56.9 Å². The van der Waals surface area contributed by atoms with Gasteiger partial charge in [0.2, 0.25) is 0 Å². The molecular weight excluding hydrogens is 470 g/mol. The number of hydrogen-bond donors (Lipinski definition) is 2. The van der Waals surface area contributed by atoms with Gasteiger partial charge in [-0.3, -0.25) is 9.59 Å². The summed E-state index contributed by atoms with van der Waals surface area (Å²) in [5.41, 5.74) is 0.682. The average Bonchev–Trinajstić information content (AvgIpc) is 3.29. The Bertz CT molecular complexity index is 782. The minimum absolute atomic E-state index is 0.0220. The van der Waals surface area contributed by atoms with Crippen molar-refractivity contribution in [3.05, 3.63) is 23.8 Å². The highest BCUT2D eigenvalue weighted by Gasteiger charge is 2.34. The number of hydrogen-bond acceptors (Lipinski definition) is 6. The molecule has 8 heteroatoms. The third-order valence-electron chi connectivity index (χ3n) is 7.47. The van der Waals surface area contributed by atoms with Crippen molar-refractivity contribution in [1.29, 1.82) is 0 Å². The first-order valence-corrected chi connectivity index (χ1v) is 14.0. The van der Waals surface area contributed by atoms with E-state index in [4.69, 9.17) is 9.47 Å². The normalized spacial score (nSPS) is 24.4. The van der Waals surface area contributed by atoms with Crippen LogP contribution in [0.25, 0.3) is 0 Å². The first kappa shape index (κ1) is 31.5. The number of rotatable bonds is 15. The maximum Gasteiger partial charge on any atom is 0.253 e. The number of likely N-dealkylation sites (N-methyl/N-ethyl adjacent to an activating group) is 1. The Morgan fingerprint density at radius 1 is 1.14 bits per heavy atom. The number of nitrogens with one attached hydrogen (secondary N) is 1. The molecule has 1 fully saturated rings. The van der Waals surface area contributed by atoms with Crippen molar-refractivity contribution in [1.82, 2.24) is 15.1 Å². The van der Waals surface area contributed by atoms with E-state index >= 15 is 0 Å². The number of carbonyl (C=O) groups excluding carboxylic acids is 2. The van der Waals surface area contributed by atoms with Crippen LogP contribution in [-0.2, 0) is 19.1 Å². The van der Waals surface area contributed by atoms with E-state index in [1.54, 1.807) is 19.1 Å². The highest BCUT2D eigenvalue weighted by molar-refractivity contribution is 5.96. The van der Waals surface area contributed by atoms with Crippen molar-refractivity contribution in [2.45, 2.75) is 72.1 Å². The number of nitrogens with zero attached hydrogens (tertiary/aromatic N) is 2. The zero-order valence-corrected chi connectivity index (χ0v) is 24.1. The van der Waals surface area contributed by atoms with Crippen LogP contribution in [0, 0.1) is 23.7 Å². The largest absolute Gasteiger partial charge is 0.385 e. The maximum atomic E-state index is 13.7. The van der Waals surface area contributed by atoms with Gasteiger partial charge in [-0.1, -0.05) is 32.9 Å². The molecule has 0 spiro atoms. The summed E-state index contributed by atoms with van der Waals surface area (Å²) in [4.78, 5) is 30.0. The van der Waals surface area contributed by atoms with Gasteiger partial charge in [0.05, 0.1) is 6.10 Å². The zero-order chi connectivity index (χ0) is 27.5. The van der Waals surface area contributed by atoms with E-state index < -0.39 is 6.10 Å². The zero-order valence-electron chi connectivity index (χ0n) is 24.1. The molecule has 2 unspecified atom stereocenters. The Morgan fingerprint density at radius 2 is 1.81 bits per heavy atom. The number of amides is 2. The maximum absolute atomic E-state index is 13.7. The van der Waals surface area contributed by atoms with Crippen molar-refractivity contribution in [2.24, 2.45) is 23.7 Å². The Morgan fingerprint density at radius 3 is 2.41 bits per heavy atom. The van der Waals surface area contributed by atoms with E-state index in [-0.39, 0.29) is 47.6 Å². The quantitative estimate of drug-likeness (QED) is 0.322. The number of aliphatic hydroxyl groups is 1. The first-order chi connectivity index (χ1) is 17.6. The molecule has 0 aromatic rings. The fourth-order valence-corrected chi connectivity index (χ4v) is 5.20. The molecule has 1 aliphatic heterocycles. The van der Waals surface area contributed by atoms with Gasteiger partial charge >= 0.3 is 0 Å². The molecule has 8 nitrogen and oxygen atoms in total. The third kappa shape index (κ3) is 9.50. The van der Waals surface area contributed by atoms with Crippen molar-refractivity contribution in [2.75, 3.05) is 53.6 Å². The summed E-state index contributed by atoms with van der Waals surface area (Å²) in [6.45, 7) is 14.3. The topological polar surface area (TPSA) is 91.3 Å². The van der Waals surface area contributed by atoms with Crippen LogP contribution in [0.15, 0.2) is 23.8 Å². The molecule has 0 saturated carbocycles. The lowest BCUT2D eigenvalue weighted by Gasteiger charge is -2.34. The second-order valence-electron chi connectivity index (χ2n) is 11.3. The molecule has 2 amide bonds. The third-order valence-corrected chi connectivity index (χ3v) is 7.47. The van der Waals surface area contributed by atoms with Gasteiger partial charge in [0.25, 0.3) is 11.8 Å². The lowest BCUT2D eigenvalue weighted by Crippen LogP contribution is -2.45. The second kappa shape index (κ2) is 15.6. The molecule has 0 aromatic heterocycles. The average molecular weight is 522 g/mol. The fraction of sp³-hybridized carbons (Fsp3) is 0.793. The van der Waals surface area contributed by atoms with Crippen molar-refractivity contribution in [3.63, 3.8) is 0 Å². The smallest absolute Gasteiger partial charge is 0.253 e. The van der Waals surface area contributed by atoms with Crippen LogP contribution in [-0.4, -0.2) is 98.5 Å². The molecule has 0 bridgehead atoms. The summed E-state index contributed by atoms with van der Waals surface area (Å²) in [6, 6.07) is 0.0419. The molecular formula is C29H51N3O5. The lowest BCUT2D eigenvalue weighted by atomic mass is 9.90. The van der Waals surface area contributed by atoms with Crippen molar-refractivity contribution >= 4 is 11.8 Å². The van der Waals surface area contributed by atoms with E-state index in [9.17, 15) is 14.7 Å². The molecule has 0 radical (unpaired) electrons. The van der Waals surface area contributed by atoms with Gasteiger partial charge in [-0.2, -0.15) is 0 Å². The van der Waals surface area contributed by atoms with Gasteiger partial charge in [0.15, 0.2) is 0 Å². The Kier molecular flexibility index (Phi) is 13.3. The SMILES string of the molecule is CCC1C=CC(C(=O)N(C[C@@H]2CNC[C@H]2CN(C)C(=O)[C@@H](O)CC(C)C)C(C)C)=CC1OCCCOC. The predicted molar refractivity (Wildman–Crippen MR) is 147 cm³/mol. The van der Waals surface area contributed by atoms with Gasteiger partial charge in [0, 0.05) is 71.1 Å². The minimum Gasteiger partial charge on any atom is -0.385 e. The summed E-state index contributed by atoms with van der Waals surface area (Å²) < 4.78 is 11.3. The number of methoxy groups -OCH3 is 1. The highest BCUT2D eigenvalue weighted by atomic mass is 16.5. The molecule has 1 aliphatic carbocycles. The van der Waals surface area contributed by atoms with Crippen LogP contribution in [0.3, 0.4) is 0 Å². The number of aliphatic hydroxyl groups excluding tert-OH is 1. The minimum atomic E-state index is -0.965. The summed E-state index contributed by atoms with van der Waals surface area (Å²) in [6.07, 6.45) is 7.21. The Hall–Kier alpha value is -1.74. The molecule has 2 rings (SSSR count). The molecule has 0 aromatic carbocycles. The monoisotopic (exact) mass is 521 g/mol. The Labute approximate surface area is 224 Å². The number of ether oxygens (including phenoxy) is 2. The molecule has 5 atom stereocenters. The number of carbonyl (C=O) groups is 2. The molecule has 2 aliphatic rings. The van der Waals surface area contributed by atoms with Crippen LogP contribution in [0.5, 0.6) is 0 Å². The van der Waals surface area contributed by atoms with E-state index in [1.165, 1.54) is 0 Å². The van der Waals surface area contributed by atoms with Crippen LogP contribution in [0.4, 0.5) is 0 Å². The summed E-state index contributed by atoms with van der Waals surface area (Å²) in [7, 11) is 3.45. The molecule has 1 saturated heterocycles. The van der Waals surface area contributed by atoms with E-state index in [1.807, 2.05) is 44.7 Å². The van der Waals surface area contributed by atoms with Crippen molar-refractivity contribution in [3.8, 4) is 0 Å². The highest BCUT2D eigenvalue weighted by Crippen LogP contribution is 2.26. The standard InChI is InChI=1S/C29H51N3O5/c1-8-22-10-11-23(15-27(22)37-13-9-12-36-7)28(34)32(21(4)5)19-25-17-30-16-24(25)18-31(6)29(35)26(33)14-20(2)3/h10-11,15,20-22,24-27,30,33H,8-9,12-14,16-19H2,1-7H3/t22?,24-,25-,26-,27?/m0/s1. The molecule has 2 N–H and O–H groups in total. The van der Waals surface area contributed by atoms with Crippen LogP contribution in [0.2, 0.25) is 0 Å². The second-order valence-corrected chi connectivity index (χ2v) is 11.3.